The first kappa shape index (κ1) is 29.8. The number of rotatable bonds is 15. The summed E-state index contributed by atoms with van der Waals surface area (Å²) in [6.45, 7) is 4.28. The highest BCUT2D eigenvalue weighted by atomic mass is 16.5. The summed E-state index contributed by atoms with van der Waals surface area (Å²) in [4.78, 5) is 36.0. The Labute approximate surface area is 233 Å². The van der Waals surface area contributed by atoms with Crippen LogP contribution in [0.1, 0.15) is 46.4 Å². The van der Waals surface area contributed by atoms with Crippen molar-refractivity contribution in [3.63, 3.8) is 0 Å². The molecule has 3 aromatic rings. The van der Waals surface area contributed by atoms with Gasteiger partial charge in [-0.3, -0.25) is 0 Å². The first-order chi connectivity index (χ1) is 19.4. The van der Waals surface area contributed by atoms with Crippen LogP contribution in [-0.2, 0) is 9.53 Å². The Balaban J connectivity index is 1.41. The van der Waals surface area contributed by atoms with Gasteiger partial charge in [0, 0.05) is 12.1 Å². The van der Waals surface area contributed by atoms with E-state index in [1.165, 1.54) is 38.5 Å². The van der Waals surface area contributed by atoms with Gasteiger partial charge in [-0.25, -0.2) is 14.4 Å². The van der Waals surface area contributed by atoms with Crippen molar-refractivity contribution >= 4 is 17.9 Å². The Kier molecular flexibility index (Phi) is 11.6. The molecule has 0 unspecified atom stereocenters. The van der Waals surface area contributed by atoms with Crippen molar-refractivity contribution in [1.82, 2.24) is 0 Å². The number of carbonyl (C=O) groups is 3. The third-order valence-corrected chi connectivity index (χ3v) is 5.67. The van der Waals surface area contributed by atoms with Crippen molar-refractivity contribution in [2.24, 2.45) is 0 Å². The molecule has 0 bridgehead atoms. The van der Waals surface area contributed by atoms with Crippen LogP contribution in [0.2, 0.25) is 0 Å². The molecule has 9 heteroatoms. The number of unbranched alkanes of at least 4 members (excludes halogenated alkanes) is 3. The van der Waals surface area contributed by atoms with E-state index in [9.17, 15) is 14.4 Å². The highest BCUT2D eigenvalue weighted by molar-refractivity contribution is 5.92. The summed E-state index contributed by atoms with van der Waals surface area (Å²) in [7, 11) is 3.01. The fourth-order valence-corrected chi connectivity index (χ4v) is 3.54. The Morgan fingerprint density at radius 3 is 1.75 bits per heavy atom. The highest BCUT2D eigenvalue weighted by Crippen LogP contribution is 2.31. The standard InChI is InChI=1S/C31H32O9/c1-4-29(32)38-20-8-6-5-7-19-37-24-13-9-22(10-14-24)30(33)39-25-15-11-23(12-16-25)31(34)40-26-17-18-27(35-2)28(21-26)36-3/h4,9-18,21H,1,5-8,19-20H2,2-3H3. The van der Waals surface area contributed by atoms with Gasteiger partial charge in [-0.05, 0) is 86.3 Å². The molecular formula is C31H32O9. The number of methoxy groups -OCH3 is 2. The largest absolute Gasteiger partial charge is 0.494 e. The average Bonchev–Trinajstić information content (AvgIpc) is 2.98. The van der Waals surface area contributed by atoms with Crippen molar-refractivity contribution in [3.05, 3.63) is 90.5 Å². The van der Waals surface area contributed by atoms with Gasteiger partial charge in [-0.1, -0.05) is 6.58 Å². The average molecular weight is 549 g/mol. The zero-order valence-electron chi connectivity index (χ0n) is 22.6. The molecule has 0 radical (unpaired) electrons. The molecule has 3 rings (SSSR count). The second kappa shape index (κ2) is 15.6. The van der Waals surface area contributed by atoms with Gasteiger partial charge in [-0.15, -0.1) is 0 Å². The SMILES string of the molecule is C=CC(=O)OCCCCCCOc1ccc(C(=O)Oc2ccc(C(=O)Oc3ccc(OC)c(OC)c3)cc2)cc1. The van der Waals surface area contributed by atoms with Crippen LogP contribution < -0.4 is 23.7 Å². The molecule has 0 N–H and O–H groups in total. The lowest BCUT2D eigenvalue weighted by molar-refractivity contribution is -0.137. The minimum absolute atomic E-state index is 0.284. The topological polar surface area (TPSA) is 107 Å². The smallest absolute Gasteiger partial charge is 0.343 e. The maximum atomic E-state index is 12.5. The monoisotopic (exact) mass is 548 g/mol. The predicted molar refractivity (Wildman–Crippen MR) is 147 cm³/mol. The normalized spacial score (nSPS) is 10.2. The van der Waals surface area contributed by atoms with Gasteiger partial charge < -0.3 is 28.4 Å². The number of ether oxygens (including phenoxy) is 6. The van der Waals surface area contributed by atoms with E-state index in [1.807, 2.05) is 0 Å². The summed E-state index contributed by atoms with van der Waals surface area (Å²) < 4.78 is 31.9. The summed E-state index contributed by atoms with van der Waals surface area (Å²) in [6, 6.07) is 17.5. The summed E-state index contributed by atoms with van der Waals surface area (Å²) >= 11 is 0. The fourth-order valence-electron chi connectivity index (χ4n) is 3.54. The molecule has 3 aromatic carbocycles. The van der Waals surface area contributed by atoms with Crippen molar-refractivity contribution in [3.8, 4) is 28.7 Å². The predicted octanol–water partition coefficient (Wildman–Crippen LogP) is 5.81. The van der Waals surface area contributed by atoms with E-state index in [4.69, 9.17) is 28.4 Å². The lowest BCUT2D eigenvalue weighted by Crippen LogP contribution is -2.10. The molecule has 0 amide bonds. The molecule has 0 aliphatic rings. The van der Waals surface area contributed by atoms with E-state index >= 15 is 0 Å². The van der Waals surface area contributed by atoms with Crippen molar-refractivity contribution in [1.29, 1.82) is 0 Å². The molecule has 0 saturated carbocycles. The third kappa shape index (κ3) is 9.20. The molecule has 0 spiro atoms. The van der Waals surface area contributed by atoms with Crippen LogP contribution >= 0.6 is 0 Å². The quantitative estimate of drug-likeness (QED) is 0.101. The Hall–Kier alpha value is -4.79. The molecule has 0 aliphatic heterocycles. The summed E-state index contributed by atoms with van der Waals surface area (Å²) in [5, 5.41) is 0. The van der Waals surface area contributed by atoms with Crippen LogP contribution in [0, 0.1) is 0 Å². The zero-order valence-corrected chi connectivity index (χ0v) is 22.6. The first-order valence-corrected chi connectivity index (χ1v) is 12.7. The molecule has 0 aromatic heterocycles. The number of esters is 3. The maximum absolute atomic E-state index is 12.5. The molecule has 0 aliphatic carbocycles. The number of hydrogen-bond donors (Lipinski definition) is 0. The van der Waals surface area contributed by atoms with Gasteiger partial charge in [0.1, 0.15) is 17.2 Å². The van der Waals surface area contributed by atoms with E-state index in [0.29, 0.717) is 41.8 Å². The van der Waals surface area contributed by atoms with Crippen LogP contribution in [0.3, 0.4) is 0 Å². The summed E-state index contributed by atoms with van der Waals surface area (Å²) in [6.07, 6.45) is 4.68. The third-order valence-electron chi connectivity index (χ3n) is 5.67. The minimum Gasteiger partial charge on any atom is -0.494 e. The summed E-state index contributed by atoms with van der Waals surface area (Å²) in [5.74, 6) is 0.671. The zero-order chi connectivity index (χ0) is 28.7. The number of carbonyl (C=O) groups excluding carboxylic acids is 3. The lowest BCUT2D eigenvalue weighted by atomic mass is 10.2. The van der Waals surface area contributed by atoms with E-state index in [0.717, 1.165) is 31.8 Å². The molecule has 0 fully saturated rings. The lowest BCUT2D eigenvalue weighted by Gasteiger charge is -2.10. The highest BCUT2D eigenvalue weighted by Gasteiger charge is 2.13. The van der Waals surface area contributed by atoms with Gasteiger partial charge >= 0.3 is 17.9 Å². The Bertz CT molecular complexity index is 1280. The second-order valence-electron chi connectivity index (χ2n) is 8.48. The van der Waals surface area contributed by atoms with Crippen molar-refractivity contribution in [2.75, 3.05) is 27.4 Å². The van der Waals surface area contributed by atoms with Gasteiger partial charge in [0.25, 0.3) is 0 Å². The Morgan fingerprint density at radius 2 is 1.18 bits per heavy atom. The van der Waals surface area contributed by atoms with E-state index in [2.05, 4.69) is 6.58 Å². The van der Waals surface area contributed by atoms with Crippen LogP contribution in [0.4, 0.5) is 0 Å². The van der Waals surface area contributed by atoms with Gasteiger partial charge in [-0.2, -0.15) is 0 Å². The molecule has 0 heterocycles. The van der Waals surface area contributed by atoms with E-state index in [-0.39, 0.29) is 11.3 Å². The van der Waals surface area contributed by atoms with E-state index in [1.54, 1.807) is 42.5 Å². The van der Waals surface area contributed by atoms with Gasteiger partial charge in [0.05, 0.1) is 38.6 Å². The molecular weight excluding hydrogens is 516 g/mol. The first-order valence-electron chi connectivity index (χ1n) is 12.7. The van der Waals surface area contributed by atoms with Gasteiger partial charge in [0.15, 0.2) is 11.5 Å². The molecule has 40 heavy (non-hydrogen) atoms. The van der Waals surface area contributed by atoms with Crippen LogP contribution in [0.15, 0.2) is 79.4 Å². The van der Waals surface area contributed by atoms with Crippen LogP contribution in [0.25, 0.3) is 0 Å². The number of benzene rings is 3. The Morgan fingerprint density at radius 1 is 0.650 bits per heavy atom. The van der Waals surface area contributed by atoms with Crippen molar-refractivity contribution in [2.45, 2.75) is 25.7 Å². The molecule has 210 valence electrons. The van der Waals surface area contributed by atoms with E-state index < -0.39 is 17.9 Å². The summed E-state index contributed by atoms with van der Waals surface area (Å²) in [5.41, 5.74) is 0.644. The minimum atomic E-state index is -0.574. The van der Waals surface area contributed by atoms with Crippen LogP contribution in [-0.4, -0.2) is 45.3 Å². The maximum Gasteiger partial charge on any atom is 0.343 e. The molecule has 9 nitrogen and oxygen atoms in total. The van der Waals surface area contributed by atoms with Gasteiger partial charge in [0.2, 0.25) is 0 Å². The second-order valence-corrected chi connectivity index (χ2v) is 8.48. The van der Waals surface area contributed by atoms with Crippen LogP contribution in [0.5, 0.6) is 28.7 Å². The number of hydrogen-bond acceptors (Lipinski definition) is 9. The van der Waals surface area contributed by atoms with Crippen molar-refractivity contribution < 1.29 is 42.8 Å². The fraction of sp³-hybridized carbons (Fsp3) is 0.258. The molecule has 0 saturated heterocycles. The molecule has 0 atom stereocenters.